The van der Waals surface area contributed by atoms with Crippen LogP contribution < -0.4 is 15.2 Å². The van der Waals surface area contributed by atoms with Crippen molar-refractivity contribution < 1.29 is 17.9 Å². The van der Waals surface area contributed by atoms with E-state index in [9.17, 15) is 23.2 Å². The van der Waals surface area contributed by atoms with Gasteiger partial charge >= 0.3 is 0 Å². The zero-order valence-electron chi connectivity index (χ0n) is 16.9. The van der Waals surface area contributed by atoms with E-state index in [0.29, 0.717) is 48.4 Å². The molecule has 2 atom stereocenters. The largest absolute Gasteiger partial charge is 0.484 e. The van der Waals surface area contributed by atoms with Gasteiger partial charge in [-0.1, -0.05) is 6.92 Å². The van der Waals surface area contributed by atoms with E-state index < -0.39 is 29.3 Å². The summed E-state index contributed by atoms with van der Waals surface area (Å²) in [6, 6.07) is 7.90. The highest BCUT2D eigenvalue weighted by atomic mass is 19.1. The third kappa shape index (κ3) is 3.81. The summed E-state index contributed by atoms with van der Waals surface area (Å²) in [7, 11) is 1.64. The second kappa shape index (κ2) is 7.95. The van der Waals surface area contributed by atoms with Crippen LogP contribution in [0.5, 0.6) is 5.75 Å². The molecule has 31 heavy (non-hydrogen) atoms. The van der Waals surface area contributed by atoms with Crippen LogP contribution in [0.1, 0.15) is 19.0 Å². The molecule has 3 aromatic rings. The van der Waals surface area contributed by atoms with Crippen molar-refractivity contribution in [3.8, 4) is 11.8 Å². The Labute approximate surface area is 176 Å². The predicted molar refractivity (Wildman–Crippen MR) is 108 cm³/mol. The minimum Gasteiger partial charge on any atom is -0.484 e. The summed E-state index contributed by atoms with van der Waals surface area (Å²) < 4.78 is 48.1. The molecule has 0 unspecified atom stereocenters. The van der Waals surface area contributed by atoms with Crippen molar-refractivity contribution in [2.24, 2.45) is 13.0 Å². The molecule has 2 aromatic heterocycles. The average molecular weight is 428 g/mol. The van der Waals surface area contributed by atoms with Crippen LogP contribution in [0, 0.1) is 34.7 Å². The van der Waals surface area contributed by atoms with Gasteiger partial charge in [0.15, 0.2) is 17.4 Å². The third-order valence-corrected chi connectivity index (χ3v) is 5.58. The highest BCUT2D eigenvalue weighted by Crippen LogP contribution is 2.32. The summed E-state index contributed by atoms with van der Waals surface area (Å²) in [4.78, 5) is 18.8. The summed E-state index contributed by atoms with van der Waals surface area (Å²) >= 11 is 0. The second-order valence-corrected chi connectivity index (χ2v) is 7.67. The van der Waals surface area contributed by atoms with Crippen molar-refractivity contribution >= 4 is 16.7 Å². The molecular weight excluding hydrogens is 409 g/mol. The van der Waals surface area contributed by atoms with Crippen LogP contribution in [0.25, 0.3) is 11.0 Å². The molecule has 9 heteroatoms. The molecule has 0 spiro atoms. The molecule has 0 radical (unpaired) electrons. The molecule has 0 bridgehead atoms. The molecule has 1 aromatic carbocycles. The Morgan fingerprint density at radius 1 is 1.19 bits per heavy atom. The van der Waals surface area contributed by atoms with Crippen LogP contribution in [0.2, 0.25) is 0 Å². The second-order valence-electron chi connectivity index (χ2n) is 7.67. The van der Waals surface area contributed by atoms with Gasteiger partial charge in [0.1, 0.15) is 29.2 Å². The van der Waals surface area contributed by atoms with Crippen molar-refractivity contribution in [2.75, 3.05) is 18.0 Å². The molecule has 3 heterocycles. The number of hydrogen-bond acceptors (Lipinski definition) is 5. The molecule has 0 N–H and O–H groups in total. The Bertz CT molecular complexity index is 1250. The highest BCUT2D eigenvalue weighted by Gasteiger charge is 2.31. The average Bonchev–Trinajstić information content (AvgIpc) is 2.73. The van der Waals surface area contributed by atoms with Crippen molar-refractivity contribution in [3.05, 3.63) is 63.8 Å². The van der Waals surface area contributed by atoms with Crippen LogP contribution in [0.15, 0.2) is 35.1 Å². The summed E-state index contributed by atoms with van der Waals surface area (Å²) in [5.41, 5.74) is 1.75. The van der Waals surface area contributed by atoms with Gasteiger partial charge in [0.2, 0.25) is 0 Å². The number of aryl methyl sites for hydroxylation is 1. The van der Waals surface area contributed by atoms with Gasteiger partial charge in [-0.05, 0) is 12.1 Å². The number of anilines is 1. The monoisotopic (exact) mass is 428 g/mol. The maximum absolute atomic E-state index is 14.0. The predicted octanol–water partition coefficient (Wildman–Crippen LogP) is 3.52. The van der Waals surface area contributed by atoms with Crippen molar-refractivity contribution in [1.82, 2.24) is 9.55 Å². The molecule has 0 amide bonds. The lowest BCUT2D eigenvalue weighted by atomic mass is 9.95. The zero-order valence-corrected chi connectivity index (χ0v) is 16.9. The highest BCUT2D eigenvalue weighted by molar-refractivity contribution is 5.88. The molecule has 4 rings (SSSR count). The molecule has 1 aliphatic rings. The van der Waals surface area contributed by atoms with Crippen molar-refractivity contribution in [3.63, 3.8) is 0 Å². The van der Waals surface area contributed by atoms with Crippen LogP contribution in [-0.2, 0) is 7.05 Å². The number of pyridine rings is 2. The molecular formula is C22H19F3N4O2. The zero-order chi connectivity index (χ0) is 22.3. The third-order valence-electron chi connectivity index (χ3n) is 5.58. The maximum Gasteiger partial charge on any atom is 0.252 e. The summed E-state index contributed by atoms with van der Waals surface area (Å²) in [5.74, 6) is -3.93. The number of piperidine rings is 1. The normalized spacial score (nSPS) is 18.8. The van der Waals surface area contributed by atoms with E-state index in [0.717, 1.165) is 0 Å². The fourth-order valence-corrected chi connectivity index (χ4v) is 3.93. The van der Waals surface area contributed by atoms with Gasteiger partial charge < -0.3 is 14.2 Å². The lowest BCUT2D eigenvalue weighted by Gasteiger charge is -2.38. The van der Waals surface area contributed by atoms with Crippen LogP contribution >= 0.6 is 0 Å². The van der Waals surface area contributed by atoms with E-state index in [-0.39, 0.29) is 17.2 Å². The number of ether oxygens (including phenoxy) is 1. The van der Waals surface area contributed by atoms with Gasteiger partial charge in [-0.25, -0.2) is 18.2 Å². The summed E-state index contributed by atoms with van der Waals surface area (Å²) in [6.07, 6.45) is -0.0716. The van der Waals surface area contributed by atoms with E-state index in [1.807, 2.05) is 17.9 Å². The summed E-state index contributed by atoms with van der Waals surface area (Å²) in [6.45, 7) is 2.75. The van der Waals surface area contributed by atoms with Gasteiger partial charge in [-0.2, -0.15) is 5.26 Å². The fourth-order valence-electron chi connectivity index (χ4n) is 3.93. The van der Waals surface area contributed by atoms with Gasteiger partial charge in [0.05, 0.1) is 11.2 Å². The van der Waals surface area contributed by atoms with Crippen molar-refractivity contribution in [1.29, 1.82) is 5.26 Å². The molecule has 0 aliphatic carbocycles. The SMILES string of the molecule is C[C@H]1CN(c2cc(=O)n(C)c3ccc(C#N)nc23)CC[C@@H]1Oc1c(F)cc(F)cc1F. The first-order valence-corrected chi connectivity index (χ1v) is 9.75. The molecule has 160 valence electrons. The lowest BCUT2D eigenvalue weighted by molar-refractivity contribution is 0.110. The minimum absolute atomic E-state index is 0.157. The Morgan fingerprint density at radius 3 is 2.55 bits per heavy atom. The maximum atomic E-state index is 14.0. The number of benzene rings is 1. The summed E-state index contributed by atoms with van der Waals surface area (Å²) in [5, 5.41) is 9.21. The van der Waals surface area contributed by atoms with E-state index in [1.54, 1.807) is 19.2 Å². The minimum atomic E-state index is -1.09. The van der Waals surface area contributed by atoms with Crippen molar-refractivity contribution in [2.45, 2.75) is 19.4 Å². The lowest BCUT2D eigenvalue weighted by Crippen LogP contribution is -2.45. The van der Waals surface area contributed by atoms with Crippen LogP contribution in [0.3, 0.4) is 0 Å². The molecule has 1 saturated heterocycles. The van der Waals surface area contributed by atoms with E-state index >= 15 is 0 Å². The molecule has 6 nitrogen and oxygen atoms in total. The molecule has 1 aliphatic heterocycles. The quantitative estimate of drug-likeness (QED) is 0.639. The fraction of sp³-hybridized carbons (Fsp3) is 0.318. The smallest absolute Gasteiger partial charge is 0.252 e. The Kier molecular flexibility index (Phi) is 5.31. The number of aromatic nitrogens is 2. The van der Waals surface area contributed by atoms with Crippen LogP contribution in [0.4, 0.5) is 18.9 Å². The Hall–Kier alpha value is -3.54. The number of nitriles is 1. The number of nitrogens with zero attached hydrogens (tertiary/aromatic N) is 4. The Balaban J connectivity index is 1.62. The molecule has 0 saturated carbocycles. The van der Waals surface area contributed by atoms with Gasteiger partial charge in [-0.3, -0.25) is 4.79 Å². The number of rotatable bonds is 3. The van der Waals surface area contributed by atoms with Crippen LogP contribution in [-0.4, -0.2) is 28.7 Å². The van der Waals surface area contributed by atoms with E-state index in [2.05, 4.69) is 4.98 Å². The van der Waals surface area contributed by atoms with Gasteiger partial charge in [-0.15, -0.1) is 0 Å². The molecule has 1 fully saturated rings. The number of halogens is 3. The first-order chi connectivity index (χ1) is 14.8. The Morgan fingerprint density at radius 2 is 1.90 bits per heavy atom. The number of fused-ring (bicyclic) bond motifs is 1. The van der Waals surface area contributed by atoms with E-state index in [4.69, 9.17) is 4.74 Å². The standard InChI is InChI=1S/C22H19F3N4O2/c1-12-11-29(6-5-19(12)31-22-15(24)7-13(23)8-16(22)25)18-9-20(30)28(2)17-4-3-14(10-26)27-21(17)18/h3-4,7-9,12,19H,5-6,11H2,1-2H3/t12-,19-/m0/s1. The first kappa shape index (κ1) is 20.7. The number of hydrogen-bond donors (Lipinski definition) is 0. The topological polar surface area (TPSA) is 71.2 Å². The van der Waals surface area contributed by atoms with Gasteiger partial charge in [0, 0.05) is 50.7 Å². The van der Waals surface area contributed by atoms with E-state index in [1.165, 1.54) is 10.6 Å². The van der Waals surface area contributed by atoms with Gasteiger partial charge in [0.25, 0.3) is 5.56 Å². The first-order valence-electron chi connectivity index (χ1n) is 9.75.